The molecule has 0 heterocycles. The summed E-state index contributed by atoms with van der Waals surface area (Å²) in [5.74, 6) is 1.76. The Morgan fingerprint density at radius 1 is 0.902 bits per heavy atom. The first kappa shape index (κ1) is 29.6. The zero-order chi connectivity index (χ0) is 29.5. The third-order valence-electron chi connectivity index (χ3n) is 9.56. The van der Waals surface area contributed by atoms with E-state index in [1.807, 2.05) is 57.2 Å². The van der Waals surface area contributed by atoms with Crippen molar-refractivity contribution in [3.8, 4) is 0 Å². The minimum atomic E-state index is -3.76. The molecule has 2 aromatic rings. The number of rotatable bonds is 10. The fourth-order valence-corrected chi connectivity index (χ4v) is 8.79. The minimum Gasteiger partial charge on any atom is -0.352 e. The monoisotopic (exact) mass is 579 g/mol. The van der Waals surface area contributed by atoms with Crippen molar-refractivity contribution in [3.05, 3.63) is 65.2 Å². The van der Waals surface area contributed by atoms with E-state index in [-0.39, 0.29) is 30.5 Å². The zero-order valence-corrected chi connectivity index (χ0v) is 25.9. The SMILES string of the molecule is Cc1ccc(CN(C(=O)CN(c2ccc(C34CC5CC(CC(C5)C3)C4)cc2)S(C)(=O)=O)[C@@H](C)C(=O)NC(C)C)cc1. The number of sulfonamides is 1. The maximum atomic E-state index is 13.8. The van der Waals surface area contributed by atoms with Gasteiger partial charge in [-0.1, -0.05) is 42.0 Å². The highest BCUT2D eigenvalue weighted by atomic mass is 32.2. The van der Waals surface area contributed by atoms with E-state index >= 15 is 0 Å². The van der Waals surface area contributed by atoms with Gasteiger partial charge in [0.1, 0.15) is 12.6 Å². The second-order valence-electron chi connectivity index (χ2n) is 13.4. The number of hydrogen-bond donors (Lipinski definition) is 1. The number of carbonyl (C=O) groups excluding carboxylic acids is 2. The van der Waals surface area contributed by atoms with E-state index in [2.05, 4.69) is 17.4 Å². The van der Waals surface area contributed by atoms with Crippen molar-refractivity contribution in [1.29, 1.82) is 0 Å². The molecule has 4 saturated carbocycles. The lowest BCUT2D eigenvalue weighted by molar-refractivity contribution is -0.139. The first-order valence-electron chi connectivity index (χ1n) is 15.1. The van der Waals surface area contributed by atoms with Crippen LogP contribution in [-0.4, -0.2) is 50.0 Å². The summed E-state index contributed by atoms with van der Waals surface area (Å²) >= 11 is 0. The number of benzene rings is 2. The van der Waals surface area contributed by atoms with Crippen LogP contribution in [0.1, 0.15) is 76.0 Å². The summed E-state index contributed by atoms with van der Waals surface area (Å²) in [6, 6.07) is 14.8. The Hall–Kier alpha value is -2.87. The van der Waals surface area contributed by atoms with Crippen molar-refractivity contribution >= 4 is 27.5 Å². The normalized spacial score (nSPS) is 25.7. The molecule has 0 aromatic heterocycles. The number of nitrogens with one attached hydrogen (secondary N) is 1. The van der Waals surface area contributed by atoms with Crippen LogP contribution in [0.4, 0.5) is 5.69 Å². The molecule has 222 valence electrons. The fourth-order valence-electron chi connectivity index (χ4n) is 7.94. The van der Waals surface area contributed by atoms with Crippen molar-refractivity contribution in [2.75, 3.05) is 17.1 Å². The van der Waals surface area contributed by atoms with Crippen LogP contribution in [0, 0.1) is 24.7 Å². The lowest BCUT2D eigenvalue weighted by Gasteiger charge is -2.57. The number of hydrogen-bond acceptors (Lipinski definition) is 4. The molecule has 4 fully saturated rings. The lowest BCUT2D eigenvalue weighted by Crippen LogP contribution is -2.52. The Balaban J connectivity index is 1.38. The zero-order valence-electron chi connectivity index (χ0n) is 25.1. The molecule has 8 heteroatoms. The molecule has 0 spiro atoms. The van der Waals surface area contributed by atoms with E-state index in [4.69, 9.17) is 0 Å². The number of nitrogens with zero attached hydrogens (tertiary/aromatic N) is 2. The molecule has 7 nitrogen and oxygen atoms in total. The van der Waals surface area contributed by atoms with E-state index < -0.39 is 22.0 Å². The van der Waals surface area contributed by atoms with Crippen LogP contribution in [0.15, 0.2) is 48.5 Å². The molecule has 0 radical (unpaired) electrons. The van der Waals surface area contributed by atoms with Crippen LogP contribution in [0.3, 0.4) is 0 Å². The summed E-state index contributed by atoms with van der Waals surface area (Å²) in [7, 11) is -3.76. The first-order chi connectivity index (χ1) is 19.3. The maximum Gasteiger partial charge on any atom is 0.244 e. The molecule has 6 rings (SSSR count). The van der Waals surface area contributed by atoms with E-state index in [1.54, 1.807) is 6.92 Å². The molecule has 0 unspecified atom stereocenters. The van der Waals surface area contributed by atoms with Crippen LogP contribution >= 0.6 is 0 Å². The van der Waals surface area contributed by atoms with Gasteiger partial charge in [-0.2, -0.15) is 0 Å². The Kier molecular flexibility index (Phi) is 8.25. The molecule has 4 aliphatic rings. The summed E-state index contributed by atoms with van der Waals surface area (Å²) in [6.45, 7) is 7.25. The third kappa shape index (κ3) is 6.47. The number of carbonyl (C=O) groups is 2. The second kappa shape index (κ2) is 11.4. The highest BCUT2D eigenvalue weighted by Gasteiger charge is 2.51. The van der Waals surface area contributed by atoms with Gasteiger partial charge in [0.15, 0.2) is 0 Å². The quantitative estimate of drug-likeness (QED) is 0.421. The van der Waals surface area contributed by atoms with Gasteiger partial charge in [-0.25, -0.2) is 8.42 Å². The van der Waals surface area contributed by atoms with Crippen molar-refractivity contribution in [2.45, 2.75) is 90.3 Å². The molecule has 41 heavy (non-hydrogen) atoms. The van der Waals surface area contributed by atoms with Gasteiger partial charge in [-0.3, -0.25) is 13.9 Å². The van der Waals surface area contributed by atoms with Crippen LogP contribution in [0.2, 0.25) is 0 Å². The maximum absolute atomic E-state index is 13.8. The van der Waals surface area contributed by atoms with Crippen LogP contribution in [0.5, 0.6) is 0 Å². The van der Waals surface area contributed by atoms with Gasteiger partial charge >= 0.3 is 0 Å². The Bertz CT molecular complexity index is 1330. The predicted octanol–water partition coefficient (Wildman–Crippen LogP) is 5.17. The van der Waals surface area contributed by atoms with Gasteiger partial charge in [0.2, 0.25) is 21.8 Å². The molecule has 4 bridgehead atoms. The van der Waals surface area contributed by atoms with E-state index in [1.165, 1.54) is 53.3 Å². The van der Waals surface area contributed by atoms with Crippen molar-refractivity contribution < 1.29 is 18.0 Å². The third-order valence-corrected chi connectivity index (χ3v) is 10.7. The number of amides is 2. The average molecular weight is 580 g/mol. The van der Waals surface area contributed by atoms with Gasteiger partial charge < -0.3 is 10.2 Å². The number of aryl methyl sites for hydroxylation is 1. The van der Waals surface area contributed by atoms with Gasteiger partial charge in [0.25, 0.3) is 0 Å². The van der Waals surface area contributed by atoms with E-state index in [9.17, 15) is 18.0 Å². The standard InChI is InChI=1S/C33H45N3O4S/c1-22(2)34-32(38)24(4)35(20-25-8-6-23(3)7-9-25)31(37)21-36(41(5,39)40)30-12-10-29(11-13-30)33-17-26-14-27(18-33)16-28(15-26)19-33/h6-13,22,24,26-28H,14-21H2,1-5H3,(H,34,38)/t24-,26?,27?,28?,33?/m0/s1. The van der Waals surface area contributed by atoms with Gasteiger partial charge in [0.05, 0.1) is 11.9 Å². The highest BCUT2D eigenvalue weighted by Crippen LogP contribution is 2.60. The summed E-state index contributed by atoms with van der Waals surface area (Å²) in [5.41, 5.74) is 3.96. The average Bonchev–Trinajstić information content (AvgIpc) is 2.89. The van der Waals surface area contributed by atoms with Crippen LogP contribution in [-0.2, 0) is 31.6 Å². The fraction of sp³-hybridized carbons (Fsp3) is 0.576. The largest absolute Gasteiger partial charge is 0.352 e. The molecule has 0 saturated heterocycles. The Labute approximate surface area is 245 Å². The topological polar surface area (TPSA) is 86.8 Å². The van der Waals surface area contributed by atoms with Gasteiger partial charge in [-0.05, 0) is 113 Å². The van der Waals surface area contributed by atoms with E-state index in [0.29, 0.717) is 5.69 Å². The second-order valence-corrected chi connectivity index (χ2v) is 15.3. The number of anilines is 1. The van der Waals surface area contributed by atoms with Crippen LogP contribution in [0.25, 0.3) is 0 Å². The summed E-state index contributed by atoms with van der Waals surface area (Å²) in [5, 5.41) is 2.88. The van der Waals surface area contributed by atoms with Crippen molar-refractivity contribution in [1.82, 2.24) is 10.2 Å². The lowest BCUT2D eigenvalue weighted by atomic mass is 9.48. The van der Waals surface area contributed by atoms with E-state index in [0.717, 1.165) is 35.1 Å². The van der Waals surface area contributed by atoms with Gasteiger partial charge in [-0.15, -0.1) is 0 Å². The summed E-state index contributed by atoms with van der Waals surface area (Å²) in [6.07, 6.45) is 8.94. The summed E-state index contributed by atoms with van der Waals surface area (Å²) in [4.78, 5) is 28.2. The molecule has 0 aliphatic heterocycles. The smallest absolute Gasteiger partial charge is 0.244 e. The molecule has 1 N–H and O–H groups in total. The molecular weight excluding hydrogens is 534 g/mol. The molecule has 2 aromatic carbocycles. The first-order valence-corrected chi connectivity index (χ1v) is 16.9. The minimum absolute atomic E-state index is 0.0821. The molecule has 4 aliphatic carbocycles. The predicted molar refractivity (Wildman–Crippen MR) is 163 cm³/mol. The van der Waals surface area contributed by atoms with Crippen molar-refractivity contribution in [2.24, 2.45) is 17.8 Å². The van der Waals surface area contributed by atoms with Crippen molar-refractivity contribution in [3.63, 3.8) is 0 Å². The van der Waals surface area contributed by atoms with Crippen LogP contribution < -0.4 is 9.62 Å². The molecule has 1 atom stereocenters. The van der Waals surface area contributed by atoms with Gasteiger partial charge in [0, 0.05) is 12.6 Å². The summed E-state index contributed by atoms with van der Waals surface area (Å²) < 4.78 is 27.2. The molecular formula is C33H45N3O4S. The molecule has 2 amide bonds. The Morgan fingerprint density at radius 2 is 1.44 bits per heavy atom. The highest BCUT2D eigenvalue weighted by molar-refractivity contribution is 7.92. The Morgan fingerprint density at radius 3 is 1.93 bits per heavy atom.